The molecule has 0 atom stereocenters. The van der Waals surface area contributed by atoms with Gasteiger partial charge in [-0.15, -0.1) is 11.3 Å². The van der Waals surface area contributed by atoms with Gasteiger partial charge in [-0.2, -0.15) is 0 Å². The van der Waals surface area contributed by atoms with E-state index in [9.17, 15) is 14.4 Å². The van der Waals surface area contributed by atoms with Gasteiger partial charge < -0.3 is 10.2 Å². The summed E-state index contributed by atoms with van der Waals surface area (Å²) < 4.78 is 0. The monoisotopic (exact) mass is 404 g/mol. The first-order valence-electron chi connectivity index (χ1n) is 8.54. The lowest BCUT2D eigenvalue weighted by atomic mass is 9.87. The normalized spacial score (nSPS) is 18.5. The van der Waals surface area contributed by atoms with Gasteiger partial charge in [0.2, 0.25) is 0 Å². The molecule has 0 unspecified atom stereocenters. The van der Waals surface area contributed by atoms with Crippen molar-refractivity contribution < 1.29 is 14.4 Å². The number of thiazole rings is 1. The molecule has 2 aliphatic heterocycles. The summed E-state index contributed by atoms with van der Waals surface area (Å²) in [5.74, 6) is -0.408. The smallest absolute Gasteiger partial charge is 0.322 e. The van der Waals surface area contributed by atoms with Gasteiger partial charge in [-0.3, -0.25) is 14.9 Å². The number of aromatic nitrogens is 1. The summed E-state index contributed by atoms with van der Waals surface area (Å²) in [5, 5.41) is 6.34. The van der Waals surface area contributed by atoms with E-state index in [0.29, 0.717) is 41.5 Å². The Morgan fingerprint density at radius 2 is 2.04 bits per heavy atom. The highest BCUT2D eigenvalue weighted by molar-refractivity contribution is 7.17. The summed E-state index contributed by atoms with van der Waals surface area (Å²) in [6, 6.07) is 6.90. The molecule has 4 rings (SSSR count). The van der Waals surface area contributed by atoms with Crippen molar-refractivity contribution in [2.75, 3.05) is 13.1 Å². The Kier molecular flexibility index (Phi) is 4.39. The van der Waals surface area contributed by atoms with E-state index in [0.717, 1.165) is 10.6 Å². The third-order valence-electron chi connectivity index (χ3n) is 4.98. The molecule has 0 saturated carbocycles. The van der Waals surface area contributed by atoms with E-state index in [4.69, 9.17) is 11.6 Å². The summed E-state index contributed by atoms with van der Waals surface area (Å²) in [6.45, 7) is 2.61. The van der Waals surface area contributed by atoms with Gasteiger partial charge in [-0.05, 0) is 31.9 Å². The number of benzene rings is 1. The zero-order valence-electron chi connectivity index (χ0n) is 14.5. The highest BCUT2D eigenvalue weighted by atomic mass is 35.5. The Balaban J connectivity index is 1.51. The summed E-state index contributed by atoms with van der Waals surface area (Å²) in [4.78, 5) is 43.2. The number of hydrogen-bond acceptors (Lipinski definition) is 5. The third kappa shape index (κ3) is 3.19. The van der Waals surface area contributed by atoms with Crippen LogP contribution in [0.25, 0.3) is 10.6 Å². The highest BCUT2D eigenvalue weighted by Crippen LogP contribution is 2.32. The van der Waals surface area contributed by atoms with Crippen molar-refractivity contribution in [3.05, 3.63) is 39.9 Å². The van der Waals surface area contributed by atoms with Crippen LogP contribution in [0.4, 0.5) is 4.79 Å². The van der Waals surface area contributed by atoms with Crippen LogP contribution >= 0.6 is 22.9 Å². The largest absolute Gasteiger partial charge is 0.338 e. The minimum Gasteiger partial charge on any atom is -0.338 e. The second kappa shape index (κ2) is 6.61. The van der Waals surface area contributed by atoms with Crippen LogP contribution in [-0.4, -0.2) is 46.4 Å². The van der Waals surface area contributed by atoms with Gasteiger partial charge in [-0.1, -0.05) is 23.7 Å². The number of nitrogens with one attached hydrogen (secondary N) is 2. The molecule has 2 fully saturated rings. The number of imide groups is 1. The molecule has 140 valence electrons. The van der Waals surface area contributed by atoms with Crippen LogP contribution < -0.4 is 10.6 Å². The molecule has 1 aromatic carbocycles. The van der Waals surface area contributed by atoms with E-state index in [1.165, 1.54) is 11.3 Å². The number of carbonyl (C=O) groups is 3. The fourth-order valence-electron chi connectivity index (χ4n) is 3.46. The quantitative estimate of drug-likeness (QED) is 0.752. The Morgan fingerprint density at radius 1 is 1.30 bits per heavy atom. The van der Waals surface area contributed by atoms with Gasteiger partial charge in [-0.25, -0.2) is 9.78 Å². The first-order valence-corrected chi connectivity index (χ1v) is 9.74. The number of hydrogen-bond donors (Lipinski definition) is 2. The van der Waals surface area contributed by atoms with Gasteiger partial charge in [0, 0.05) is 23.7 Å². The molecule has 0 bridgehead atoms. The molecule has 0 radical (unpaired) electrons. The average molecular weight is 405 g/mol. The molecule has 7 nitrogen and oxygen atoms in total. The van der Waals surface area contributed by atoms with Crippen molar-refractivity contribution in [1.29, 1.82) is 0 Å². The molecule has 2 saturated heterocycles. The minimum absolute atomic E-state index is 0.0992. The number of urea groups is 1. The second-order valence-corrected chi connectivity index (χ2v) is 8.16. The van der Waals surface area contributed by atoms with Gasteiger partial charge in [0.25, 0.3) is 11.8 Å². The van der Waals surface area contributed by atoms with E-state index in [2.05, 4.69) is 15.6 Å². The van der Waals surface area contributed by atoms with Gasteiger partial charge >= 0.3 is 6.03 Å². The Hall–Kier alpha value is -2.45. The minimum atomic E-state index is -0.886. The standard InChI is InChI=1S/C18H17ClN4O3S/c1-10-13(27-14(20-10)11-3-2-4-12(19)9-11)15(24)23-7-5-18(6-8-23)16(25)21-17(26)22-18/h2-4,9H,5-8H2,1H3,(H2,21,22,25,26). The maximum absolute atomic E-state index is 13.0. The maximum Gasteiger partial charge on any atom is 0.322 e. The van der Waals surface area contributed by atoms with Crippen molar-refractivity contribution in [2.24, 2.45) is 0 Å². The molecule has 2 N–H and O–H groups in total. The van der Waals surface area contributed by atoms with Crippen molar-refractivity contribution in [2.45, 2.75) is 25.3 Å². The number of piperidine rings is 1. The summed E-state index contributed by atoms with van der Waals surface area (Å²) in [7, 11) is 0. The van der Waals surface area contributed by atoms with Crippen molar-refractivity contribution in [1.82, 2.24) is 20.5 Å². The van der Waals surface area contributed by atoms with E-state index in [1.807, 2.05) is 25.1 Å². The number of aryl methyl sites for hydroxylation is 1. The van der Waals surface area contributed by atoms with Crippen LogP contribution in [-0.2, 0) is 4.79 Å². The molecule has 3 heterocycles. The Morgan fingerprint density at radius 3 is 2.67 bits per heavy atom. The van der Waals surface area contributed by atoms with Crippen LogP contribution in [0.5, 0.6) is 0 Å². The maximum atomic E-state index is 13.0. The van der Waals surface area contributed by atoms with Gasteiger partial charge in [0.1, 0.15) is 15.4 Å². The van der Waals surface area contributed by atoms with Crippen molar-refractivity contribution >= 4 is 40.8 Å². The van der Waals surface area contributed by atoms with Crippen LogP contribution in [0.15, 0.2) is 24.3 Å². The summed E-state index contributed by atoms with van der Waals surface area (Å²) in [5.41, 5.74) is 0.660. The number of nitrogens with zero attached hydrogens (tertiary/aromatic N) is 2. The number of halogens is 1. The summed E-state index contributed by atoms with van der Waals surface area (Å²) >= 11 is 7.38. The predicted octanol–water partition coefficient (Wildman–Crippen LogP) is 2.59. The second-order valence-electron chi connectivity index (χ2n) is 6.73. The Bertz CT molecular complexity index is 950. The molecule has 1 spiro atoms. The first-order chi connectivity index (χ1) is 12.9. The average Bonchev–Trinajstić information content (AvgIpc) is 3.15. The molecular formula is C18H17ClN4O3S. The molecule has 0 aliphatic carbocycles. The first kappa shape index (κ1) is 17.9. The topological polar surface area (TPSA) is 91.4 Å². The molecule has 9 heteroatoms. The van der Waals surface area contributed by atoms with E-state index < -0.39 is 11.6 Å². The van der Waals surface area contributed by atoms with Crippen molar-refractivity contribution in [3.8, 4) is 10.6 Å². The number of carbonyl (C=O) groups excluding carboxylic acids is 3. The predicted molar refractivity (Wildman–Crippen MR) is 102 cm³/mol. The van der Waals surface area contributed by atoms with E-state index in [1.54, 1.807) is 11.0 Å². The fraction of sp³-hybridized carbons (Fsp3) is 0.333. The van der Waals surface area contributed by atoms with Gasteiger partial charge in [0.05, 0.1) is 5.69 Å². The number of rotatable bonds is 2. The number of likely N-dealkylation sites (tertiary alicyclic amines) is 1. The third-order valence-corrected chi connectivity index (χ3v) is 6.41. The van der Waals surface area contributed by atoms with Gasteiger partial charge in [0.15, 0.2) is 0 Å². The molecule has 1 aromatic heterocycles. The lowest BCUT2D eigenvalue weighted by Crippen LogP contribution is -2.55. The van der Waals surface area contributed by atoms with Crippen LogP contribution in [0.3, 0.4) is 0 Å². The number of amides is 4. The van der Waals surface area contributed by atoms with Crippen molar-refractivity contribution in [3.63, 3.8) is 0 Å². The lowest BCUT2D eigenvalue weighted by Gasteiger charge is -2.36. The summed E-state index contributed by atoms with van der Waals surface area (Å²) in [6.07, 6.45) is 0.796. The van der Waals surface area contributed by atoms with E-state index >= 15 is 0 Å². The molecule has 4 amide bonds. The SMILES string of the molecule is Cc1nc(-c2cccc(Cl)c2)sc1C(=O)N1CCC2(CC1)NC(=O)NC2=O. The van der Waals surface area contributed by atoms with Crippen LogP contribution in [0.2, 0.25) is 5.02 Å². The fourth-order valence-corrected chi connectivity index (χ4v) is 4.68. The van der Waals surface area contributed by atoms with E-state index in [-0.39, 0.29) is 11.8 Å². The molecule has 2 aliphatic rings. The van der Waals surface area contributed by atoms with Crippen LogP contribution in [0, 0.1) is 6.92 Å². The zero-order chi connectivity index (χ0) is 19.2. The molecule has 27 heavy (non-hydrogen) atoms. The lowest BCUT2D eigenvalue weighted by molar-refractivity contribution is -0.125. The zero-order valence-corrected chi connectivity index (χ0v) is 16.1. The Labute approximate surface area is 164 Å². The van der Waals surface area contributed by atoms with Crippen LogP contribution in [0.1, 0.15) is 28.2 Å². The molecule has 2 aromatic rings. The highest BCUT2D eigenvalue weighted by Gasteiger charge is 2.48. The molecular weight excluding hydrogens is 388 g/mol.